The summed E-state index contributed by atoms with van der Waals surface area (Å²) in [7, 11) is -2.02. The maximum atomic E-state index is 12.6. The summed E-state index contributed by atoms with van der Waals surface area (Å²) < 4.78 is 27.9. The Hall–Kier alpha value is -0.400. The fourth-order valence-corrected chi connectivity index (χ4v) is 4.00. The summed E-state index contributed by atoms with van der Waals surface area (Å²) in [6, 6.07) is 12.1. The molecule has 21 heavy (non-hydrogen) atoms. The molecule has 2 rings (SSSR count). The highest BCUT2D eigenvalue weighted by atomic mass is 79.9. The van der Waals surface area contributed by atoms with E-state index in [9.17, 15) is 8.42 Å². The Balaban J connectivity index is 2.30. The highest BCUT2D eigenvalue weighted by Crippen LogP contribution is 2.27. The summed E-state index contributed by atoms with van der Waals surface area (Å²) >= 11 is 12.6. The quantitative estimate of drug-likeness (QED) is 0.674. The van der Waals surface area contributed by atoms with Crippen LogP contribution in [0.2, 0.25) is 5.02 Å². The lowest BCUT2D eigenvalue weighted by Gasteiger charge is -2.18. The first-order valence-electron chi connectivity index (χ1n) is 5.97. The maximum absolute atomic E-state index is 12.6. The summed E-state index contributed by atoms with van der Waals surface area (Å²) in [5.74, 6) is 0. The molecule has 0 amide bonds. The van der Waals surface area contributed by atoms with E-state index in [2.05, 4.69) is 31.9 Å². The molecule has 0 spiro atoms. The van der Waals surface area contributed by atoms with Crippen LogP contribution in [0.25, 0.3) is 0 Å². The molecule has 0 saturated carbocycles. The molecule has 2 aromatic rings. The van der Waals surface area contributed by atoms with Gasteiger partial charge in [0.2, 0.25) is 10.0 Å². The molecule has 0 saturated heterocycles. The number of nitrogens with zero attached hydrogens (tertiary/aromatic N) is 1. The molecule has 3 nitrogen and oxygen atoms in total. The molecule has 0 bridgehead atoms. The van der Waals surface area contributed by atoms with Gasteiger partial charge in [0.1, 0.15) is 0 Å². The van der Waals surface area contributed by atoms with Crippen molar-refractivity contribution in [2.75, 3.05) is 7.05 Å². The molecule has 0 fully saturated rings. The van der Waals surface area contributed by atoms with E-state index in [0.717, 1.165) is 10.0 Å². The highest BCUT2D eigenvalue weighted by molar-refractivity contribution is 9.10. The van der Waals surface area contributed by atoms with Crippen LogP contribution in [0, 0.1) is 0 Å². The molecule has 0 radical (unpaired) electrons. The molecule has 0 unspecified atom stereocenters. The number of sulfonamides is 1. The van der Waals surface area contributed by atoms with Crippen molar-refractivity contribution in [2.24, 2.45) is 0 Å². The van der Waals surface area contributed by atoms with E-state index in [1.165, 1.54) is 16.4 Å². The van der Waals surface area contributed by atoms with Gasteiger partial charge in [-0.05, 0) is 45.8 Å². The second-order valence-corrected chi connectivity index (χ2v) is 8.59. The van der Waals surface area contributed by atoms with Crippen LogP contribution >= 0.6 is 43.5 Å². The van der Waals surface area contributed by atoms with Crippen LogP contribution in [0.4, 0.5) is 0 Å². The predicted octanol–water partition coefficient (Wildman–Crippen LogP) is 4.69. The summed E-state index contributed by atoms with van der Waals surface area (Å²) in [5.41, 5.74) is 0.900. The van der Waals surface area contributed by atoms with Crippen LogP contribution in [0.3, 0.4) is 0 Å². The molecule has 7 heteroatoms. The average Bonchev–Trinajstić information content (AvgIpc) is 2.44. The first-order chi connectivity index (χ1) is 9.82. The fraction of sp³-hybridized carbons (Fsp3) is 0.143. The van der Waals surface area contributed by atoms with Crippen molar-refractivity contribution >= 4 is 53.5 Å². The Labute approximate surface area is 146 Å². The van der Waals surface area contributed by atoms with Gasteiger partial charge in [-0.25, -0.2) is 8.42 Å². The minimum Gasteiger partial charge on any atom is -0.207 e. The standard InChI is InChI=1S/C14H12Br2ClNO2S/c1-18(9-10-4-2-3-5-12(10)15)21(19,20)11-6-7-14(17)13(16)8-11/h2-8H,9H2,1H3. The van der Waals surface area contributed by atoms with Crippen molar-refractivity contribution in [1.29, 1.82) is 0 Å². The number of benzene rings is 2. The van der Waals surface area contributed by atoms with E-state index in [1.807, 2.05) is 24.3 Å². The molecule has 0 heterocycles. The zero-order valence-corrected chi connectivity index (χ0v) is 15.8. The highest BCUT2D eigenvalue weighted by Gasteiger charge is 2.22. The first-order valence-corrected chi connectivity index (χ1v) is 9.37. The lowest BCUT2D eigenvalue weighted by atomic mass is 10.2. The van der Waals surface area contributed by atoms with Crippen molar-refractivity contribution in [1.82, 2.24) is 4.31 Å². The van der Waals surface area contributed by atoms with Crippen molar-refractivity contribution in [3.8, 4) is 0 Å². The van der Waals surface area contributed by atoms with Gasteiger partial charge in [-0.15, -0.1) is 0 Å². The van der Waals surface area contributed by atoms with Gasteiger partial charge in [0.15, 0.2) is 0 Å². The SMILES string of the molecule is CN(Cc1ccccc1Br)S(=O)(=O)c1ccc(Cl)c(Br)c1. The third kappa shape index (κ3) is 3.87. The molecule has 0 aromatic heterocycles. The van der Waals surface area contributed by atoms with E-state index in [-0.39, 0.29) is 11.4 Å². The van der Waals surface area contributed by atoms with Gasteiger partial charge in [0.25, 0.3) is 0 Å². The molecular formula is C14H12Br2ClNO2S. The second kappa shape index (κ2) is 6.79. The van der Waals surface area contributed by atoms with Gasteiger partial charge in [-0.2, -0.15) is 4.31 Å². The minimum absolute atomic E-state index is 0.202. The van der Waals surface area contributed by atoms with E-state index in [0.29, 0.717) is 9.50 Å². The monoisotopic (exact) mass is 451 g/mol. The van der Waals surface area contributed by atoms with Crippen LogP contribution in [0.5, 0.6) is 0 Å². The molecular weight excluding hydrogens is 441 g/mol. The summed E-state index contributed by atoms with van der Waals surface area (Å²) in [4.78, 5) is 0.202. The minimum atomic E-state index is -3.57. The number of hydrogen-bond donors (Lipinski definition) is 0. The van der Waals surface area contributed by atoms with E-state index in [1.54, 1.807) is 13.1 Å². The lowest BCUT2D eigenvalue weighted by Crippen LogP contribution is -2.26. The topological polar surface area (TPSA) is 37.4 Å². The molecule has 0 aliphatic rings. The summed E-state index contributed by atoms with van der Waals surface area (Å²) in [6.45, 7) is 0.282. The Morgan fingerprint density at radius 2 is 1.76 bits per heavy atom. The number of rotatable bonds is 4. The molecule has 0 aliphatic heterocycles. The Kier molecular flexibility index (Phi) is 5.48. The third-order valence-electron chi connectivity index (χ3n) is 2.95. The van der Waals surface area contributed by atoms with Crippen molar-refractivity contribution < 1.29 is 8.42 Å². The van der Waals surface area contributed by atoms with Gasteiger partial charge in [0, 0.05) is 22.5 Å². The fourth-order valence-electron chi connectivity index (χ4n) is 1.77. The maximum Gasteiger partial charge on any atom is 0.243 e. The van der Waals surface area contributed by atoms with Gasteiger partial charge in [-0.1, -0.05) is 45.7 Å². The third-order valence-corrected chi connectivity index (χ3v) is 6.74. The van der Waals surface area contributed by atoms with Crippen LogP contribution in [-0.2, 0) is 16.6 Å². The van der Waals surface area contributed by atoms with Gasteiger partial charge in [0.05, 0.1) is 9.92 Å². The van der Waals surface area contributed by atoms with Crippen molar-refractivity contribution in [3.63, 3.8) is 0 Å². The average molecular weight is 454 g/mol. The van der Waals surface area contributed by atoms with Crippen LogP contribution in [0.15, 0.2) is 56.3 Å². The molecule has 2 aromatic carbocycles. The Bertz CT molecular complexity index is 765. The molecule has 0 aliphatic carbocycles. The largest absolute Gasteiger partial charge is 0.243 e. The van der Waals surface area contributed by atoms with E-state index in [4.69, 9.17) is 11.6 Å². The molecule has 112 valence electrons. The van der Waals surface area contributed by atoms with E-state index >= 15 is 0 Å². The predicted molar refractivity (Wildman–Crippen MR) is 91.9 cm³/mol. The van der Waals surface area contributed by atoms with Gasteiger partial charge >= 0.3 is 0 Å². The Morgan fingerprint density at radius 3 is 2.38 bits per heavy atom. The number of hydrogen-bond acceptors (Lipinski definition) is 2. The molecule has 0 N–H and O–H groups in total. The summed E-state index contributed by atoms with van der Waals surface area (Å²) in [5, 5.41) is 0.474. The smallest absolute Gasteiger partial charge is 0.207 e. The van der Waals surface area contributed by atoms with E-state index < -0.39 is 10.0 Å². The van der Waals surface area contributed by atoms with Gasteiger partial charge in [-0.3, -0.25) is 0 Å². The van der Waals surface area contributed by atoms with Crippen LogP contribution in [-0.4, -0.2) is 19.8 Å². The normalized spacial score (nSPS) is 11.9. The lowest BCUT2D eigenvalue weighted by molar-refractivity contribution is 0.466. The van der Waals surface area contributed by atoms with Crippen LogP contribution in [0.1, 0.15) is 5.56 Å². The Morgan fingerprint density at radius 1 is 1.10 bits per heavy atom. The zero-order chi connectivity index (χ0) is 15.6. The van der Waals surface area contributed by atoms with Crippen molar-refractivity contribution in [2.45, 2.75) is 11.4 Å². The molecule has 0 atom stereocenters. The summed E-state index contributed by atoms with van der Waals surface area (Å²) in [6.07, 6.45) is 0. The first kappa shape index (κ1) is 17.0. The second-order valence-electron chi connectivity index (χ2n) is 4.43. The van der Waals surface area contributed by atoms with Gasteiger partial charge < -0.3 is 0 Å². The van der Waals surface area contributed by atoms with Crippen molar-refractivity contribution in [3.05, 3.63) is 62.0 Å². The zero-order valence-electron chi connectivity index (χ0n) is 11.1. The number of halogens is 3. The van der Waals surface area contributed by atoms with Crippen LogP contribution < -0.4 is 0 Å².